The number of nitrogens with one attached hydrogen (secondary N) is 2. The van der Waals surface area contributed by atoms with Gasteiger partial charge in [-0.3, -0.25) is 14.5 Å². The highest BCUT2D eigenvalue weighted by Gasteiger charge is 2.59. The van der Waals surface area contributed by atoms with Crippen LogP contribution >= 0.6 is 0 Å². The molecule has 3 aromatic rings. The third-order valence-electron chi connectivity index (χ3n) is 8.20. The molecule has 3 aliphatic rings. The number of urea groups is 1. The summed E-state index contributed by atoms with van der Waals surface area (Å²) in [6.07, 6.45) is 1.41. The van der Waals surface area contributed by atoms with Gasteiger partial charge < -0.3 is 24.7 Å². The minimum absolute atomic E-state index is 0.299. The van der Waals surface area contributed by atoms with Gasteiger partial charge in [0.05, 0.1) is 37.3 Å². The Hall–Kier alpha value is -3.89. The molecular weight excluding hydrogens is 498 g/mol. The maximum absolute atomic E-state index is 14.1. The van der Waals surface area contributed by atoms with Crippen molar-refractivity contribution in [3.8, 4) is 5.75 Å². The van der Waals surface area contributed by atoms with Gasteiger partial charge in [-0.05, 0) is 62.2 Å². The monoisotopic (exact) mass is 531 g/mol. The zero-order valence-corrected chi connectivity index (χ0v) is 22.3. The minimum atomic E-state index is -1.21. The molecule has 2 N–H and O–H groups in total. The molecule has 204 valence electrons. The van der Waals surface area contributed by atoms with Crippen LogP contribution in [0.2, 0.25) is 0 Å². The average molecular weight is 532 g/mol. The summed E-state index contributed by atoms with van der Waals surface area (Å²) in [5, 5.41) is 3.96. The Morgan fingerprint density at radius 3 is 2.72 bits per heavy atom. The first-order valence-corrected chi connectivity index (χ1v) is 13.5. The van der Waals surface area contributed by atoms with Gasteiger partial charge >= 0.3 is 6.03 Å². The fourth-order valence-corrected chi connectivity index (χ4v) is 6.04. The maximum atomic E-state index is 14.1. The van der Waals surface area contributed by atoms with Crippen molar-refractivity contribution in [2.24, 2.45) is 0 Å². The predicted molar refractivity (Wildman–Crippen MR) is 146 cm³/mol. The van der Waals surface area contributed by atoms with Crippen molar-refractivity contribution >= 4 is 34.4 Å². The second-order valence-corrected chi connectivity index (χ2v) is 10.4. The SMILES string of the molecule is COc1ccc2[nH]c3c(c2c1)CCN1C(=O)N(c2ccccc2C(=O)NCCCN2CCOCC2)C(=O)C31C. The molecule has 0 bridgehead atoms. The summed E-state index contributed by atoms with van der Waals surface area (Å²) in [4.78, 5) is 49.6. The Labute approximate surface area is 226 Å². The highest BCUT2D eigenvalue weighted by molar-refractivity contribution is 6.25. The molecule has 4 amide bonds. The fraction of sp³-hybridized carbons (Fsp3) is 0.414. The lowest BCUT2D eigenvalue weighted by Gasteiger charge is -2.35. The van der Waals surface area contributed by atoms with Crippen molar-refractivity contribution in [3.63, 3.8) is 0 Å². The number of carbonyl (C=O) groups excluding carboxylic acids is 3. The van der Waals surface area contributed by atoms with Crippen LogP contribution in [-0.4, -0.2) is 85.7 Å². The first-order valence-electron chi connectivity index (χ1n) is 13.5. The number of amides is 4. The number of carbonyl (C=O) groups is 3. The zero-order valence-electron chi connectivity index (χ0n) is 22.3. The van der Waals surface area contributed by atoms with Gasteiger partial charge in [-0.1, -0.05) is 12.1 Å². The first kappa shape index (κ1) is 25.4. The third-order valence-corrected chi connectivity index (χ3v) is 8.20. The quantitative estimate of drug-likeness (QED) is 0.359. The van der Waals surface area contributed by atoms with Crippen LogP contribution < -0.4 is 15.0 Å². The summed E-state index contributed by atoms with van der Waals surface area (Å²) in [5.41, 5.74) is 2.00. The largest absolute Gasteiger partial charge is 0.497 e. The van der Waals surface area contributed by atoms with Gasteiger partial charge in [-0.2, -0.15) is 0 Å². The van der Waals surface area contributed by atoms with Crippen molar-refractivity contribution in [1.82, 2.24) is 20.1 Å². The van der Waals surface area contributed by atoms with Crippen LogP contribution in [0.25, 0.3) is 10.9 Å². The van der Waals surface area contributed by atoms with Gasteiger partial charge in [0.1, 0.15) is 5.75 Å². The molecule has 2 fully saturated rings. The lowest BCUT2D eigenvalue weighted by atomic mass is 9.87. The number of para-hydroxylation sites is 1. The number of hydrogen-bond donors (Lipinski definition) is 2. The number of methoxy groups -OCH3 is 1. The summed E-state index contributed by atoms with van der Waals surface area (Å²) >= 11 is 0. The molecule has 2 aromatic carbocycles. The predicted octanol–water partition coefficient (Wildman–Crippen LogP) is 2.87. The lowest BCUT2D eigenvalue weighted by Crippen LogP contribution is -2.49. The second kappa shape index (κ2) is 10.0. The van der Waals surface area contributed by atoms with Gasteiger partial charge in [-0.15, -0.1) is 0 Å². The molecule has 2 saturated heterocycles. The highest BCUT2D eigenvalue weighted by Crippen LogP contribution is 2.46. The van der Waals surface area contributed by atoms with E-state index < -0.39 is 11.6 Å². The molecule has 1 atom stereocenters. The Balaban J connectivity index is 1.26. The van der Waals surface area contributed by atoms with Crippen molar-refractivity contribution in [2.75, 3.05) is 57.9 Å². The number of aromatic amines is 1. The van der Waals surface area contributed by atoms with E-state index >= 15 is 0 Å². The smallest absolute Gasteiger partial charge is 0.332 e. The number of rotatable bonds is 7. The lowest BCUT2D eigenvalue weighted by molar-refractivity contribution is -0.125. The van der Waals surface area contributed by atoms with Gasteiger partial charge in [-0.25, -0.2) is 9.69 Å². The molecular formula is C29H33N5O5. The van der Waals surface area contributed by atoms with Crippen molar-refractivity contribution < 1.29 is 23.9 Å². The summed E-state index contributed by atoms with van der Waals surface area (Å²) in [6, 6.07) is 12.1. The number of nitrogens with zero attached hydrogens (tertiary/aromatic N) is 3. The van der Waals surface area contributed by atoms with Gasteiger partial charge in [0.2, 0.25) is 0 Å². The maximum Gasteiger partial charge on any atom is 0.332 e. The molecule has 4 heterocycles. The van der Waals surface area contributed by atoms with E-state index in [1.54, 1.807) is 43.2 Å². The summed E-state index contributed by atoms with van der Waals surface area (Å²) in [5.74, 6) is 0.0540. The molecule has 10 heteroatoms. The third kappa shape index (κ3) is 4.15. The Morgan fingerprint density at radius 2 is 1.92 bits per heavy atom. The Bertz CT molecular complexity index is 1450. The van der Waals surface area contributed by atoms with E-state index in [1.807, 2.05) is 18.2 Å². The molecule has 0 saturated carbocycles. The summed E-state index contributed by atoms with van der Waals surface area (Å²) < 4.78 is 10.8. The van der Waals surface area contributed by atoms with E-state index in [1.165, 1.54) is 4.90 Å². The van der Waals surface area contributed by atoms with E-state index in [0.29, 0.717) is 36.5 Å². The molecule has 6 rings (SSSR count). The topological polar surface area (TPSA) is 107 Å². The molecule has 3 aliphatic heterocycles. The number of morpholine rings is 1. The normalized spacial score (nSPS) is 21.3. The highest BCUT2D eigenvalue weighted by atomic mass is 16.5. The molecule has 39 heavy (non-hydrogen) atoms. The Kier molecular flexibility index (Phi) is 6.52. The number of benzene rings is 2. The summed E-state index contributed by atoms with van der Waals surface area (Å²) in [7, 11) is 1.62. The number of aromatic nitrogens is 1. The molecule has 10 nitrogen and oxygen atoms in total. The van der Waals surface area contributed by atoms with Crippen LogP contribution in [0, 0.1) is 0 Å². The molecule has 1 aromatic heterocycles. The van der Waals surface area contributed by atoms with E-state index in [2.05, 4.69) is 15.2 Å². The van der Waals surface area contributed by atoms with Gasteiger partial charge in [0, 0.05) is 37.1 Å². The standard InChI is InChI=1S/C29H33N5O5/c1-29-25-20(22-18-19(38-2)8-9-23(22)31-25)10-13-33(29)28(37)34(27(29)36)24-7-4-3-6-21(24)26(35)30-11-5-12-32-14-16-39-17-15-32/h3-4,6-9,18,31H,5,10-17H2,1-2H3,(H,30,35). The van der Waals surface area contributed by atoms with Gasteiger partial charge in [0.15, 0.2) is 5.54 Å². The van der Waals surface area contributed by atoms with Crippen LogP contribution in [0.1, 0.15) is 35.0 Å². The average Bonchev–Trinajstić information content (AvgIpc) is 3.43. The minimum Gasteiger partial charge on any atom is -0.497 e. The van der Waals surface area contributed by atoms with Crippen LogP contribution in [0.3, 0.4) is 0 Å². The fourth-order valence-electron chi connectivity index (χ4n) is 6.04. The van der Waals surface area contributed by atoms with Crippen LogP contribution in [0.5, 0.6) is 5.75 Å². The van der Waals surface area contributed by atoms with E-state index in [-0.39, 0.29) is 11.8 Å². The zero-order chi connectivity index (χ0) is 27.1. The van der Waals surface area contributed by atoms with E-state index in [4.69, 9.17) is 9.47 Å². The van der Waals surface area contributed by atoms with Crippen LogP contribution in [-0.2, 0) is 21.5 Å². The summed E-state index contributed by atoms with van der Waals surface area (Å²) in [6.45, 7) is 6.83. The molecule has 0 radical (unpaired) electrons. The van der Waals surface area contributed by atoms with Gasteiger partial charge in [0.25, 0.3) is 11.8 Å². The number of imide groups is 1. The van der Waals surface area contributed by atoms with Crippen molar-refractivity contribution in [1.29, 1.82) is 0 Å². The van der Waals surface area contributed by atoms with E-state index in [9.17, 15) is 14.4 Å². The van der Waals surface area contributed by atoms with Crippen molar-refractivity contribution in [3.05, 3.63) is 59.3 Å². The first-order chi connectivity index (χ1) is 18.9. The molecule has 0 spiro atoms. The molecule has 1 unspecified atom stereocenters. The Morgan fingerprint density at radius 1 is 1.13 bits per heavy atom. The number of fused-ring (bicyclic) bond motifs is 5. The van der Waals surface area contributed by atoms with Crippen molar-refractivity contribution in [2.45, 2.75) is 25.3 Å². The van der Waals surface area contributed by atoms with Crippen LogP contribution in [0.15, 0.2) is 42.5 Å². The van der Waals surface area contributed by atoms with Crippen LogP contribution in [0.4, 0.5) is 10.5 Å². The second-order valence-electron chi connectivity index (χ2n) is 10.4. The number of H-pyrrole nitrogens is 1. The number of ether oxygens (including phenoxy) is 2. The number of anilines is 1. The number of hydrogen-bond acceptors (Lipinski definition) is 6. The van der Waals surface area contributed by atoms with E-state index in [0.717, 1.165) is 61.5 Å². The molecule has 0 aliphatic carbocycles.